The van der Waals surface area contributed by atoms with Crippen molar-refractivity contribution < 1.29 is 9.18 Å². The van der Waals surface area contributed by atoms with E-state index in [0.29, 0.717) is 5.69 Å². The first kappa shape index (κ1) is 19.8. The third-order valence-electron chi connectivity index (χ3n) is 5.22. The number of pyridine rings is 1. The maximum absolute atomic E-state index is 14.7. The zero-order valence-electron chi connectivity index (χ0n) is 16.5. The van der Waals surface area contributed by atoms with E-state index in [4.69, 9.17) is 0 Å². The molecule has 0 unspecified atom stereocenters. The number of carbonyl (C=O) groups excluding carboxylic acids is 1. The van der Waals surface area contributed by atoms with Gasteiger partial charge in [-0.05, 0) is 17.7 Å². The first-order valence-electron chi connectivity index (χ1n) is 9.72. The molecule has 30 heavy (non-hydrogen) atoms. The van der Waals surface area contributed by atoms with Crippen LogP contribution in [0, 0.1) is 0 Å². The van der Waals surface area contributed by atoms with Gasteiger partial charge in [-0.25, -0.2) is 9.37 Å². The third-order valence-corrected chi connectivity index (χ3v) is 5.22. The van der Waals surface area contributed by atoms with Crippen LogP contribution in [0.3, 0.4) is 0 Å². The van der Waals surface area contributed by atoms with Gasteiger partial charge in [0, 0.05) is 37.6 Å². The molecule has 8 heteroatoms. The van der Waals surface area contributed by atoms with E-state index in [1.165, 1.54) is 15.5 Å². The summed E-state index contributed by atoms with van der Waals surface area (Å²) in [5, 5.41) is 3.03. The summed E-state index contributed by atoms with van der Waals surface area (Å²) in [5.74, 6) is 0.139. The minimum atomic E-state index is -1.26. The number of benzene rings is 1. The van der Waals surface area contributed by atoms with Crippen molar-refractivity contribution in [2.24, 2.45) is 7.05 Å². The number of rotatable bonds is 5. The van der Waals surface area contributed by atoms with Crippen molar-refractivity contribution in [3.8, 4) is 11.3 Å². The lowest BCUT2D eigenvalue weighted by Crippen LogP contribution is -2.35. The zero-order chi connectivity index (χ0) is 21.1. The molecule has 0 bridgehead atoms. The fourth-order valence-corrected chi connectivity index (χ4v) is 3.49. The Labute approximate surface area is 173 Å². The molecule has 2 aromatic heterocycles. The Morgan fingerprint density at radius 2 is 1.90 bits per heavy atom. The Morgan fingerprint density at radius 3 is 2.63 bits per heavy atom. The molecule has 2 atom stereocenters. The molecule has 7 nitrogen and oxygen atoms in total. The van der Waals surface area contributed by atoms with Crippen molar-refractivity contribution in [1.82, 2.24) is 19.4 Å². The fourth-order valence-electron chi connectivity index (χ4n) is 3.49. The van der Waals surface area contributed by atoms with Gasteiger partial charge in [-0.15, -0.1) is 0 Å². The summed E-state index contributed by atoms with van der Waals surface area (Å²) in [4.78, 5) is 34.9. The molecule has 3 heterocycles. The number of likely N-dealkylation sites (tertiary alicyclic amines) is 1. The predicted octanol–water partition coefficient (Wildman–Crippen LogP) is 2.05. The van der Waals surface area contributed by atoms with Gasteiger partial charge in [-0.3, -0.25) is 19.1 Å². The second-order valence-corrected chi connectivity index (χ2v) is 7.33. The van der Waals surface area contributed by atoms with Crippen LogP contribution in [0.1, 0.15) is 5.56 Å². The van der Waals surface area contributed by atoms with Gasteiger partial charge >= 0.3 is 0 Å². The molecular formula is C22H22FN5O2. The van der Waals surface area contributed by atoms with Crippen LogP contribution in [-0.4, -0.2) is 50.6 Å². The molecule has 1 amide bonds. The van der Waals surface area contributed by atoms with Gasteiger partial charge < -0.3 is 10.2 Å². The number of hydrogen-bond donors (Lipinski definition) is 1. The van der Waals surface area contributed by atoms with Gasteiger partial charge in [-0.2, -0.15) is 0 Å². The number of amides is 1. The van der Waals surface area contributed by atoms with Crippen molar-refractivity contribution in [3.63, 3.8) is 0 Å². The highest BCUT2D eigenvalue weighted by atomic mass is 19.1. The quantitative estimate of drug-likeness (QED) is 0.700. The van der Waals surface area contributed by atoms with Gasteiger partial charge in [0.1, 0.15) is 6.17 Å². The molecule has 154 valence electrons. The highest BCUT2D eigenvalue weighted by Crippen LogP contribution is 2.20. The normalized spacial score (nSPS) is 18.4. The van der Waals surface area contributed by atoms with Crippen LogP contribution in [0.2, 0.25) is 0 Å². The summed E-state index contributed by atoms with van der Waals surface area (Å²) in [7, 11) is 1.58. The highest BCUT2D eigenvalue weighted by Gasteiger charge is 2.36. The Kier molecular flexibility index (Phi) is 5.56. The Hall–Kier alpha value is -3.55. The van der Waals surface area contributed by atoms with Gasteiger partial charge in [0.15, 0.2) is 0 Å². The van der Waals surface area contributed by atoms with Crippen LogP contribution in [-0.2, 0) is 18.3 Å². The molecule has 1 saturated heterocycles. The van der Waals surface area contributed by atoms with E-state index in [1.807, 2.05) is 30.3 Å². The average molecular weight is 407 g/mol. The van der Waals surface area contributed by atoms with Crippen molar-refractivity contribution in [3.05, 3.63) is 76.8 Å². The number of alkyl halides is 1. The molecule has 0 spiro atoms. The summed E-state index contributed by atoms with van der Waals surface area (Å²) < 4.78 is 16.0. The second-order valence-electron chi connectivity index (χ2n) is 7.33. The molecule has 1 aliphatic heterocycles. The monoisotopic (exact) mass is 407 g/mol. The molecule has 3 aromatic rings. The summed E-state index contributed by atoms with van der Waals surface area (Å²) in [6.07, 6.45) is 2.21. The molecule has 0 radical (unpaired) electrons. The topological polar surface area (TPSA) is 80.1 Å². The Balaban J connectivity index is 1.50. The lowest BCUT2D eigenvalue weighted by molar-refractivity contribution is -0.129. The lowest BCUT2D eigenvalue weighted by atomic mass is 10.1. The van der Waals surface area contributed by atoms with Crippen molar-refractivity contribution in [2.45, 2.75) is 18.6 Å². The van der Waals surface area contributed by atoms with E-state index >= 15 is 0 Å². The number of hydrogen-bond acceptors (Lipinski definition) is 5. The number of nitrogens with one attached hydrogen (secondary N) is 1. The first-order chi connectivity index (χ1) is 14.5. The standard InChI is InChI=1S/C22H22FN5O2/c1-27-20(29)12-18(16-7-9-24-10-8-16)25-22(27)26-19-14-28(13-17(19)23)21(30)11-15-5-3-2-4-6-15/h2-10,12,17,19H,11,13-14H2,1H3,(H,25,26)/t17-,19+/m0/s1. The summed E-state index contributed by atoms with van der Waals surface area (Å²) in [6.45, 7) is 0.226. The third kappa shape index (κ3) is 4.22. The zero-order valence-corrected chi connectivity index (χ0v) is 16.5. The average Bonchev–Trinajstić information content (AvgIpc) is 3.13. The SMILES string of the molecule is Cn1c(N[C@@H]2CN(C(=O)Cc3ccccc3)C[C@@H]2F)nc(-c2ccncc2)cc1=O. The maximum Gasteiger partial charge on any atom is 0.255 e. The molecule has 0 saturated carbocycles. The molecule has 1 N–H and O–H groups in total. The van der Waals surface area contributed by atoms with Crippen LogP contribution >= 0.6 is 0 Å². The Bertz CT molecular complexity index is 1090. The van der Waals surface area contributed by atoms with Gasteiger partial charge in [-0.1, -0.05) is 30.3 Å². The summed E-state index contributed by atoms with van der Waals surface area (Å²) in [6, 6.07) is 13.7. The van der Waals surface area contributed by atoms with E-state index in [-0.39, 0.29) is 36.9 Å². The van der Waals surface area contributed by atoms with Crippen LogP contribution in [0.25, 0.3) is 11.3 Å². The maximum atomic E-state index is 14.7. The second kappa shape index (κ2) is 8.44. The van der Waals surface area contributed by atoms with Crippen LogP contribution in [0.5, 0.6) is 0 Å². The molecule has 4 rings (SSSR count). The number of halogens is 1. The van der Waals surface area contributed by atoms with E-state index in [9.17, 15) is 14.0 Å². The van der Waals surface area contributed by atoms with Crippen molar-refractivity contribution >= 4 is 11.9 Å². The number of carbonyl (C=O) groups is 1. The fraction of sp³-hybridized carbons (Fsp3) is 0.273. The minimum Gasteiger partial charge on any atom is -0.348 e. The predicted molar refractivity (Wildman–Crippen MR) is 112 cm³/mol. The number of nitrogens with zero attached hydrogens (tertiary/aromatic N) is 4. The molecule has 0 aliphatic carbocycles. The number of aromatic nitrogens is 3. The van der Waals surface area contributed by atoms with Crippen LogP contribution in [0.4, 0.5) is 10.3 Å². The molecule has 1 fully saturated rings. The minimum absolute atomic E-state index is 0.0152. The van der Waals surface area contributed by atoms with E-state index in [2.05, 4.69) is 15.3 Å². The van der Waals surface area contributed by atoms with Crippen molar-refractivity contribution in [2.75, 3.05) is 18.4 Å². The van der Waals surface area contributed by atoms with E-state index in [1.54, 1.807) is 31.6 Å². The molecule has 1 aromatic carbocycles. The van der Waals surface area contributed by atoms with Gasteiger partial charge in [0.25, 0.3) is 5.56 Å². The van der Waals surface area contributed by atoms with E-state index < -0.39 is 12.2 Å². The van der Waals surface area contributed by atoms with Crippen molar-refractivity contribution in [1.29, 1.82) is 0 Å². The van der Waals surface area contributed by atoms with Crippen LogP contribution in [0.15, 0.2) is 65.7 Å². The Morgan fingerprint density at radius 1 is 1.17 bits per heavy atom. The van der Waals surface area contributed by atoms with Crippen LogP contribution < -0.4 is 10.9 Å². The van der Waals surface area contributed by atoms with E-state index in [0.717, 1.165) is 11.1 Å². The largest absolute Gasteiger partial charge is 0.348 e. The highest BCUT2D eigenvalue weighted by molar-refractivity contribution is 5.79. The van der Waals surface area contributed by atoms with Gasteiger partial charge in [0.2, 0.25) is 11.9 Å². The smallest absolute Gasteiger partial charge is 0.255 e. The lowest BCUT2D eigenvalue weighted by Gasteiger charge is -2.19. The summed E-state index contributed by atoms with van der Waals surface area (Å²) >= 11 is 0. The molecule has 1 aliphatic rings. The molecular weight excluding hydrogens is 385 g/mol. The van der Waals surface area contributed by atoms with Gasteiger partial charge in [0.05, 0.1) is 24.7 Å². The first-order valence-corrected chi connectivity index (χ1v) is 9.72. The number of anilines is 1. The summed E-state index contributed by atoms with van der Waals surface area (Å²) in [5.41, 5.74) is 1.86.